The first-order chi connectivity index (χ1) is 7.50. The van der Waals surface area contributed by atoms with Crippen molar-refractivity contribution in [2.45, 2.75) is 18.5 Å². The first-order valence-electron chi connectivity index (χ1n) is 4.97. The largest absolute Gasteiger partial charge is 0.337 e. The zero-order chi connectivity index (χ0) is 11.9. The summed E-state index contributed by atoms with van der Waals surface area (Å²) in [5, 5.41) is 0.0734. The number of halogens is 2. The van der Waals surface area contributed by atoms with Gasteiger partial charge in [0.2, 0.25) is 5.91 Å². The van der Waals surface area contributed by atoms with Crippen LogP contribution in [-0.2, 0) is 4.79 Å². The molecule has 2 N–H and O–H groups in total. The van der Waals surface area contributed by atoms with Crippen LogP contribution < -0.4 is 5.73 Å². The quantitative estimate of drug-likeness (QED) is 0.815. The van der Waals surface area contributed by atoms with Crippen molar-refractivity contribution in [3.63, 3.8) is 0 Å². The van der Waals surface area contributed by atoms with Gasteiger partial charge in [0.15, 0.2) is 0 Å². The molecule has 86 valence electrons. The second-order valence-electron chi connectivity index (χ2n) is 3.99. The normalized spacial score (nSPS) is 25.2. The number of rotatable bonds is 1. The predicted molar refractivity (Wildman–Crippen MR) is 59.5 cm³/mol. The third-order valence-electron chi connectivity index (χ3n) is 2.91. The van der Waals surface area contributed by atoms with E-state index < -0.39 is 5.82 Å². The molecule has 1 amide bonds. The number of carbonyl (C=O) groups excluding carboxylic acids is 1. The molecule has 0 aliphatic carbocycles. The Morgan fingerprint density at radius 1 is 1.56 bits per heavy atom. The van der Waals surface area contributed by atoms with Gasteiger partial charge in [0.1, 0.15) is 5.82 Å². The van der Waals surface area contributed by atoms with Crippen LogP contribution in [-0.4, -0.2) is 23.9 Å². The first kappa shape index (κ1) is 11.4. The predicted octanol–water partition coefficient (Wildman–Crippen LogP) is 1.71. The van der Waals surface area contributed by atoms with Crippen LogP contribution in [0.1, 0.15) is 18.0 Å². The van der Waals surface area contributed by atoms with E-state index in [1.807, 2.05) is 0 Å². The van der Waals surface area contributed by atoms with Crippen LogP contribution in [0.3, 0.4) is 0 Å². The van der Waals surface area contributed by atoms with Gasteiger partial charge in [-0.15, -0.1) is 0 Å². The Balaban J connectivity index is 2.37. The number of likely N-dealkylation sites (tertiary alicyclic amines) is 1. The van der Waals surface area contributed by atoms with Crippen LogP contribution in [0.25, 0.3) is 0 Å². The van der Waals surface area contributed by atoms with Crippen molar-refractivity contribution in [1.82, 2.24) is 4.90 Å². The lowest BCUT2D eigenvalue weighted by molar-refractivity contribution is -0.127. The smallest absolute Gasteiger partial charge is 0.224 e. The molecule has 1 aromatic carbocycles. The van der Waals surface area contributed by atoms with E-state index in [1.165, 1.54) is 12.1 Å². The molecule has 1 aliphatic heterocycles. The van der Waals surface area contributed by atoms with Crippen molar-refractivity contribution in [1.29, 1.82) is 0 Å². The minimum Gasteiger partial charge on any atom is -0.337 e. The Morgan fingerprint density at radius 2 is 2.25 bits per heavy atom. The van der Waals surface area contributed by atoms with Gasteiger partial charge in [0, 0.05) is 19.5 Å². The average molecular weight is 243 g/mol. The van der Waals surface area contributed by atoms with E-state index in [4.69, 9.17) is 17.3 Å². The second-order valence-corrected chi connectivity index (χ2v) is 4.40. The number of amides is 1. The van der Waals surface area contributed by atoms with Gasteiger partial charge >= 0.3 is 0 Å². The summed E-state index contributed by atoms with van der Waals surface area (Å²) in [6, 6.07) is 3.96. The molecule has 2 unspecified atom stereocenters. The molecule has 2 atom stereocenters. The highest BCUT2D eigenvalue weighted by atomic mass is 35.5. The first-order valence-corrected chi connectivity index (χ1v) is 5.34. The van der Waals surface area contributed by atoms with E-state index in [0.29, 0.717) is 12.0 Å². The van der Waals surface area contributed by atoms with Crippen molar-refractivity contribution < 1.29 is 9.18 Å². The number of hydrogen-bond acceptors (Lipinski definition) is 2. The second kappa shape index (κ2) is 4.03. The van der Waals surface area contributed by atoms with Crippen LogP contribution in [0, 0.1) is 5.82 Å². The highest BCUT2D eigenvalue weighted by Crippen LogP contribution is 2.31. The van der Waals surface area contributed by atoms with E-state index in [1.54, 1.807) is 18.0 Å². The third kappa shape index (κ3) is 1.79. The lowest BCUT2D eigenvalue weighted by Gasteiger charge is -2.23. The highest BCUT2D eigenvalue weighted by Gasteiger charge is 2.36. The summed E-state index contributed by atoms with van der Waals surface area (Å²) < 4.78 is 13.3. The Labute approximate surface area is 98.0 Å². The molecule has 1 heterocycles. The van der Waals surface area contributed by atoms with Gasteiger partial charge < -0.3 is 10.6 Å². The number of nitrogens with zero attached hydrogens (tertiary/aromatic N) is 1. The molecule has 1 aliphatic rings. The molecule has 2 rings (SSSR count). The van der Waals surface area contributed by atoms with Gasteiger partial charge in [-0.25, -0.2) is 4.39 Å². The zero-order valence-corrected chi connectivity index (χ0v) is 9.54. The Hall–Kier alpha value is -1.13. The van der Waals surface area contributed by atoms with E-state index in [-0.39, 0.29) is 23.0 Å². The van der Waals surface area contributed by atoms with Crippen molar-refractivity contribution in [3.05, 3.63) is 34.6 Å². The fourth-order valence-electron chi connectivity index (χ4n) is 2.07. The van der Waals surface area contributed by atoms with Gasteiger partial charge in [-0.05, 0) is 17.7 Å². The molecular formula is C11H12ClFN2O. The van der Waals surface area contributed by atoms with Crippen LogP contribution in [0.4, 0.5) is 4.39 Å². The summed E-state index contributed by atoms with van der Waals surface area (Å²) in [5.41, 5.74) is 6.55. The molecule has 0 spiro atoms. The number of benzene rings is 1. The van der Waals surface area contributed by atoms with E-state index in [2.05, 4.69) is 0 Å². The fourth-order valence-corrected chi connectivity index (χ4v) is 2.18. The standard InChI is InChI=1S/C11H12ClFN2O/c1-15-10(16)5-9(14)11(15)6-2-3-7(12)8(13)4-6/h2-4,9,11H,5,14H2,1H3. The van der Waals surface area contributed by atoms with Gasteiger partial charge in [0.25, 0.3) is 0 Å². The summed E-state index contributed by atoms with van der Waals surface area (Å²) >= 11 is 5.60. The molecule has 1 aromatic rings. The molecule has 0 aromatic heterocycles. The summed E-state index contributed by atoms with van der Waals surface area (Å²) in [7, 11) is 1.67. The highest BCUT2D eigenvalue weighted by molar-refractivity contribution is 6.30. The number of carbonyl (C=O) groups is 1. The molecule has 0 bridgehead atoms. The van der Waals surface area contributed by atoms with Crippen LogP contribution in [0.15, 0.2) is 18.2 Å². The number of nitrogens with two attached hydrogens (primary N) is 1. The van der Waals surface area contributed by atoms with E-state index in [0.717, 1.165) is 0 Å². The Morgan fingerprint density at radius 3 is 2.75 bits per heavy atom. The lowest BCUT2D eigenvalue weighted by atomic mass is 10.0. The average Bonchev–Trinajstić information content (AvgIpc) is 2.47. The van der Waals surface area contributed by atoms with Gasteiger partial charge in [-0.3, -0.25) is 4.79 Å². The van der Waals surface area contributed by atoms with E-state index >= 15 is 0 Å². The SMILES string of the molecule is CN1C(=O)CC(N)C1c1ccc(Cl)c(F)c1. The topological polar surface area (TPSA) is 46.3 Å². The molecule has 0 radical (unpaired) electrons. The van der Waals surface area contributed by atoms with Gasteiger partial charge in [-0.2, -0.15) is 0 Å². The van der Waals surface area contributed by atoms with Crippen molar-refractivity contribution in [2.24, 2.45) is 5.73 Å². The molecule has 16 heavy (non-hydrogen) atoms. The van der Waals surface area contributed by atoms with Crippen LogP contribution in [0.5, 0.6) is 0 Å². The Bertz CT molecular complexity index is 438. The lowest BCUT2D eigenvalue weighted by Crippen LogP contribution is -2.30. The fraction of sp³-hybridized carbons (Fsp3) is 0.364. The zero-order valence-electron chi connectivity index (χ0n) is 8.78. The molecule has 3 nitrogen and oxygen atoms in total. The molecular weight excluding hydrogens is 231 g/mol. The maximum Gasteiger partial charge on any atom is 0.224 e. The van der Waals surface area contributed by atoms with Gasteiger partial charge in [-0.1, -0.05) is 17.7 Å². The summed E-state index contributed by atoms with van der Waals surface area (Å²) in [5.74, 6) is -0.507. The molecule has 5 heteroatoms. The summed E-state index contributed by atoms with van der Waals surface area (Å²) in [4.78, 5) is 13.0. The minimum atomic E-state index is -0.487. The molecule has 1 saturated heterocycles. The maximum absolute atomic E-state index is 13.3. The van der Waals surface area contributed by atoms with Crippen molar-refractivity contribution in [3.8, 4) is 0 Å². The Kier molecular flexibility index (Phi) is 2.86. The van der Waals surface area contributed by atoms with Gasteiger partial charge in [0.05, 0.1) is 11.1 Å². The summed E-state index contributed by atoms with van der Waals surface area (Å²) in [6.45, 7) is 0. The van der Waals surface area contributed by atoms with Crippen LogP contribution in [0.2, 0.25) is 5.02 Å². The summed E-state index contributed by atoms with van der Waals surface area (Å²) in [6.07, 6.45) is 0.297. The monoisotopic (exact) mass is 242 g/mol. The van der Waals surface area contributed by atoms with E-state index in [9.17, 15) is 9.18 Å². The molecule has 1 fully saturated rings. The number of likely N-dealkylation sites (N-methyl/N-ethyl adjacent to an activating group) is 1. The van der Waals surface area contributed by atoms with Crippen molar-refractivity contribution >= 4 is 17.5 Å². The maximum atomic E-state index is 13.3. The van der Waals surface area contributed by atoms with Crippen molar-refractivity contribution in [2.75, 3.05) is 7.05 Å². The minimum absolute atomic E-state index is 0.0205. The third-order valence-corrected chi connectivity index (χ3v) is 3.22. The molecule has 0 saturated carbocycles. The van der Waals surface area contributed by atoms with Crippen LogP contribution >= 0.6 is 11.6 Å². The number of hydrogen-bond donors (Lipinski definition) is 1.